The van der Waals surface area contributed by atoms with Crippen LogP contribution in [0.4, 0.5) is 4.39 Å². The molecule has 0 saturated carbocycles. The topological polar surface area (TPSA) is 110 Å². The number of pyridine rings is 1. The number of allylic oxidation sites excluding steroid dienone is 2. The Balaban J connectivity index is 1.32. The maximum absolute atomic E-state index is 14.9. The Hall–Kier alpha value is -2.85. The van der Waals surface area contributed by atoms with Crippen LogP contribution in [-0.2, 0) is 9.84 Å². The predicted octanol–water partition coefficient (Wildman–Crippen LogP) is 4.43. The quantitative estimate of drug-likeness (QED) is 0.576. The van der Waals surface area contributed by atoms with Crippen LogP contribution in [0.25, 0.3) is 0 Å². The molecule has 210 valence electrons. The molecule has 4 unspecified atom stereocenters. The molecule has 2 N–H and O–H groups in total. The number of aromatic nitrogens is 1. The van der Waals surface area contributed by atoms with E-state index in [0.717, 1.165) is 61.5 Å². The molecule has 2 bridgehead atoms. The van der Waals surface area contributed by atoms with Crippen molar-refractivity contribution >= 4 is 21.4 Å². The molecular formula is C29H38FN5O3S. The number of sulfone groups is 1. The van der Waals surface area contributed by atoms with E-state index in [1.54, 1.807) is 12.3 Å². The maximum atomic E-state index is 14.9. The first kappa shape index (κ1) is 27.7. The van der Waals surface area contributed by atoms with Crippen LogP contribution in [0, 0.1) is 12.8 Å². The summed E-state index contributed by atoms with van der Waals surface area (Å²) in [4.78, 5) is 16.5. The van der Waals surface area contributed by atoms with E-state index in [2.05, 4.69) is 16.8 Å². The van der Waals surface area contributed by atoms with Gasteiger partial charge in [-0.15, -0.1) is 0 Å². The fraction of sp³-hybridized carbons (Fsp3) is 0.552. The molecule has 4 aliphatic rings. The standard InChI is InChI=1S/C29H38FN5O3S/c1-19-11-13-32-27(14-19)38-18-29(31)16-21-7-8-22(17-29)35(21)28-20(2)25(6-4-5-12-33-28)34-26-10-9-23(15-24(26)30)39(3,36)37/h5,9,11-15,20-22,26H,4,6-8,10,16-18,31H2,1-3H3/b12-5-,33-28?,34-25?. The number of rotatable bonds is 5. The highest BCUT2D eigenvalue weighted by Gasteiger charge is 2.49. The number of halogens is 1. The van der Waals surface area contributed by atoms with Crippen molar-refractivity contribution in [2.45, 2.75) is 82.5 Å². The van der Waals surface area contributed by atoms with Crippen molar-refractivity contribution < 1.29 is 17.5 Å². The largest absolute Gasteiger partial charge is 0.476 e. The third-order valence-electron chi connectivity index (χ3n) is 8.22. The molecule has 10 heteroatoms. The normalized spacial score (nSPS) is 33.1. The zero-order chi connectivity index (χ0) is 27.8. The molecule has 0 amide bonds. The number of hydrogen-bond donors (Lipinski definition) is 1. The lowest BCUT2D eigenvalue weighted by molar-refractivity contribution is 0.101. The first-order chi connectivity index (χ1) is 18.5. The highest BCUT2D eigenvalue weighted by molar-refractivity contribution is 7.94. The van der Waals surface area contributed by atoms with Gasteiger partial charge in [-0.25, -0.2) is 22.8 Å². The van der Waals surface area contributed by atoms with Gasteiger partial charge in [-0.05, 0) is 69.6 Å². The zero-order valence-electron chi connectivity index (χ0n) is 22.9. The van der Waals surface area contributed by atoms with Crippen molar-refractivity contribution in [1.29, 1.82) is 0 Å². The summed E-state index contributed by atoms with van der Waals surface area (Å²) in [5.74, 6) is 0.945. The molecule has 2 saturated heterocycles. The van der Waals surface area contributed by atoms with Gasteiger partial charge in [-0.1, -0.05) is 19.1 Å². The summed E-state index contributed by atoms with van der Waals surface area (Å²) in [7, 11) is -3.46. The van der Waals surface area contributed by atoms with E-state index in [1.807, 2.05) is 31.3 Å². The third kappa shape index (κ3) is 6.17. The number of amidine groups is 1. The summed E-state index contributed by atoms with van der Waals surface area (Å²) in [6.07, 6.45) is 14.8. The van der Waals surface area contributed by atoms with Crippen molar-refractivity contribution in [2.24, 2.45) is 21.6 Å². The average Bonchev–Trinajstić information content (AvgIpc) is 3.14. The Morgan fingerprint density at radius 3 is 2.69 bits per heavy atom. The molecule has 8 nitrogen and oxygen atoms in total. The SMILES string of the molecule is Cc1ccnc(OCC2(N)CC3CCC(C2)N3C2=N/C=C\CCC(=NC3CC=C(S(C)(=O)=O)C=C3F)C2C)c1. The lowest BCUT2D eigenvalue weighted by Crippen LogP contribution is -2.60. The second kappa shape index (κ2) is 11.0. The van der Waals surface area contributed by atoms with Gasteiger partial charge in [0.1, 0.15) is 24.3 Å². The van der Waals surface area contributed by atoms with E-state index in [-0.39, 0.29) is 29.3 Å². The lowest BCUT2D eigenvalue weighted by atomic mass is 9.83. The first-order valence-corrected chi connectivity index (χ1v) is 15.6. The predicted molar refractivity (Wildman–Crippen MR) is 152 cm³/mol. The molecule has 4 atom stereocenters. The van der Waals surface area contributed by atoms with E-state index < -0.39 is 27.2 Å². The van der Waals surface area contributed by atoms with Crippen LogP contribution >= 0.6 is 0 Å². The van der Waals surface area contributed by atoms with E-state index in [4.69, 9.17) is 20.5 Å². The summed E-state index contributed by atoms with van der Waals surface area (Å²) in [5, 5.41) is 0. The zero-order valence-corrected chi connectivity index (χ0v) is 23.7. The summed E-state index contributed by atoms with van der Waals surface area (Å²) in [5.41, 5.74) is 8.44. The summed E-state index contributed by atoms with van der Waals surface area (Å²) < 4.78 is 44.7. The van der Waals surface area contributed by atoms with Crippen molar-refractivity contribution in [3.8, 4) is 5.88 Å². The molecule has 4 heterocycles. The Kier molecular flexibility index (Phi) is 7.79. The molecule has 0 spiro atoms. The van der Waals surface area contributed by atoms with E-state index in [0.29, 0.717) is 18.9 Å². The van der Waals surface area contributed by atoms with Gasteiger partial charge in [0.2, 0.25) is 5.88 Å². The summed E-state index contributed by atoms with van der Waals surface area (Å²) >= 11 is 0. The Morgan fingerprint density at radius 1 is 1.28 bits per heavy atom. The monoisotopic (exact) mass is 555 g/mol. The Bertz CT molecular complexity index is 1350. The van der Waals surface area contributed by atoms with Crippen LogP contribution in [0.5, 0.6) is 5.88 Å². The number of piperidine rings is 1. The summed E-state index contributed by atoms with van der Waals surface area (Å²) in [6.45, 7) is 4.52. The number of aryl methyl sites for hydroxylation is 1. The van der Waals surface area contributed by atoms with Crippen LogP contribution in [0.1, 0.15) is 57.4 Å². The number of nitrogens with zero attached hydrogens (tertiary/aromatic N) is 4. The number of hydrogen-bond acceptors (Lipinski definition) is 8. The lowest BCUT2D eigenvalue weighted by Gasteiger charge is -2.47. The number of ether oxygens (including phenoxy) is 1. The maximum Gasteiger partial charge on any atom is 0.213 e. The average molecular weight is 556 g/mol. The smallest absolute Gasteiger partial charge is 0.213 e. The second-order valence-electron chi connectivity index (χ2n) is 11.4. The molecule has 0 aromatic carbocycles. The highest BCUT2D eigenvalue weighted by Crippen LogP contribution is 2.41. The molecule has 1 aliphatic carbocycles. The molecule has 1 aromatic rings. The van der Waals surface area contributed by atoms with Gasteiger partial charge in [0.05, 0.1) is 16.4 Å². The Morgan fingerprint density at radius 2 is 2.03 bits per heavy atom. The van der Waals surface area contributed by atoms with Gasteiger partial charge in [0.15, 0.2) is 9.84 Å². The molecule has 39 heavy (non-hydrogen) atoms. The van der Waals surface area contributed by atoms with E-state index in [9.17, 15) is 12.8 Å². The van der Waals surface area contributed by atoms with Crippen molar-refractivity contribution in [3.05, 3.63) is 59.1 Å². The van der Waals surface area contributed by atoms with Crippen LogP contribution < -0.4 is 10.5 Å². The number of fused-ring (bicyclic) bond motifs is 2. The summed E-state index contributed by atoms with van der Waals surface area (Å²) in [6, 6.07) is 3.64. The van der Waals surface area contributed by atoms with Gasteiger partial charge in [-0.2, -0.15) is 0 Å². The van der Waals surface area contributed by atoms with Gasteiger partial charge in [-0.3, -0.25) is 4.99 Å². The van der Waals surface area contributed by atoms with Gasteiger partial charge >= 0.3 is 0 Å². The van der Waals surface area contributed by atoms with Crippen LogP contribution in [0.2, 0.25) is 0 Å². The van der Waals surface area contributed by atoms with Crippen molar-refractivity contribution in [2.75, 3.05) is 12.9 Å². The van der Waals surface area contributed by atoms with Crippen LogP contribution in [-0.4, -0.2) is 66.4 Å². The fourth-order valence-corrected chi connectivity index (χ4v) is 6.99. The molecule has 5 rings (SSSR count). The highest BCUT2D eigenvalue weighted by atomic mass is 32.2. The van der Waals surface area contributed by atoms with Crippen molar-refractivity contribution in [3.63, 3.8) is 0 Å². The van der Waals surface area contributed by atoms with Gasteiger partial charge < -0.3 is 15.4 Å². The minimum absolute atomic E-state index is 0.0182. The minimum atomic E-state index is -3.46. The van der Waals surface area contributed by atoms with Gasteiger partial charge in [0, 0.05) is 42.5 Å². The van der Waals surface area contributed by atoms with Crippen LogP contribution in [0.15, 0.2) is 63.5 Å². The number of aliphatic imine (C=N–C) groups is 2. The fourth-order valence-electron chi connectivity index (χ4n) is 6.26. The van der Waals surface area contributed by atoms with Crippen LogP contribution in [0.3, 0.4) is 0 Å². The third-order valence-corrected chi connectivity index (χ3v) is 9.36. The molecule has 1 aromatic heterocycles. The Labute approximate surface area is 230 Å². The van der Waals surface area contributed by atoms with Crippen molar-refractivity contribution in [1.82, 2.24) is 9.88 Å². The molecule has 3 aliphatic heterocycles. The molecule has 0 radical (unpaired) electrons. The number of nitrogens with two attached hydrogens (primary N) is 1. The first-order valence-electron chi connectivity index (χ1n) is 13.7. The van der Waals surface area contributed by atoms with E-state index in [1.165, 1.54) is 0 Å². The minimum Gasteiger partial charge on any atom is -0.476 e. The molecular weight excluding hydrogens is 517 g/mol. The molecule has 2 fully saturated rings. The van der Waals surface area contributed by atoms with Gasteiger partial charge in [0.25, 0.3) is 0 Å². The van der Waals surface area contributed by atoms with E-state index >= 15 is 0 Å². The second-order valence-corrected chi connectivity index (χ2v) is 13.5.